The van der Waals surface area contributed by atoms with E-state index in [9.17, 15) is 19.5 Å². The molecule has 0 aromatic carbocycles. The molecular weight excluding hydrogens is 1090 g/mol. The quantitative estimate of drug-likeness (QED) is 0.0211. The smallest absolute Gasteiger partial charge is 0.361 e. The molecule has 0 fully saturated rings. The number of quaternary nitrogens is 1. The van der Waals surface area contributed by atoms with Crippen molar-refractivity contribution in [1.82, 2.24) is 0 Å². The van der Waals surface area contributed by atoms with Gasteiger partial charge in [-0.15, -0.1) is 0 Å². The van der Waals surface area contributed by atoms with Gasteiger partial charge < -0.3 is 28.5 Å². The second-order valence-corrected chi connectivity index (χ2v) is 25.2. The average molecular weight is 1230 g/mol. The number of unbranched alkanes of at least 4 members (excludes halogenated alkanes) is 31. The van der Waals surface area contributed by atoms with Crippen molar-refractivity contribution >= 4 is 17.9 Å². The van der Waals surface area contributed by atoms with Gasteiger partial charge in [0.05, 0.1) is 34.4 Å². The molecule has 0 spiro atoms. The Balaban J connectivity index is 4.12. The molecule has 1 N–H and O–H groups in total. The number of aliphatic carboxylic acids is 1. The van der Waals surface area contributed by atoms with Gasteiger partial charge in [0.1, 0.15) is 13.2 Å². The number of rotatable bonds is 66. The Kier molecular flexibility index (Phi) is 65.2. The molecule has 0 rings (SSSR count). The minimum Gasteiger partial charge on any atom is -0.477 e. The third kappa shape index (κ3) is 69.2. The maximum absolute atomic E-state index is 13.0. The van der Waals surface area contributed by atoms with E-state index >= 15 is 0 Å². The normalized spacial score (nSPS) is 13.4. The third-order valence-corrected chi connectivity index (χ3v) is 15.5. The number of hydrogen-bond donors (Lipinski definition) is 1. The van der Waals surface area contributed by atoms with Gasteiger partial charge in [-0.1, -0.05) is 322 Å². The van der Waals surface area contributed by atoms with Gasteiger partial charge in [-0.25, -0.2) is 4.79 Å². The number of carboxylic acid groups (broad SMARTS) is 1. The van der Waals surface area contributed by atoms with Crippen LogP contribution in [0, 0.1) is 0 Å². The lowest BCUT2D eigenvalue weighted by Crippen LogP contribution is -2.40. The van der Waals surface area contributed by atoms with Crippen LogP contribution in [0.2, 0.25) is 0 Å². The van der Waals surface area contributed by atoms with Gasteiger partial charge in [-0.3, -0.25) is 9.59 Å². The number of carbonyl (C=O) groups is 3. The Morgan fingerprint density at radius 3 is 0.966 bits per heavy atom. The summed E-state index contributed by atoms with van der Waals surface area (Å²) in [6.45, 7) is 4.79. The van der Waals surface area contributed by atoms with E-state index in [0.717, 1.165) is 109 Å². The topological polar surface area (TPSA) is 108 Å². The van der Waals surface area contributed by atoms with Crippen LogP contribution in [-0.2, 0) is 33.3 Å². The minimum atomic E-state index is -1.52. The monoisotopic (exact) mass is 1230 g/mol. The number of carbonyl (C=O) groups excluding carboxylic acids is 2. The van der Waals surface area contributed by atoms with E-state index in [0.29, 0.717) is 23.9 Å². The third-order valence-electron chi connectivity index (χ3n) is 15.5. The first-order valence-corrected chi connectivity index (χ1v) is 36.2. The summed E-state index contributed by atoms with van der Waals surface area (Å²) in [5.41, 5.74) is 0. The van der Waals surface area contributed by atoms with Gasteiger partial charge in [-0.2, -0.15) is 0 Å². The lowest BCUT2D eigenvalue weighted by Gasteiger charge is -2.25. The molecule has 0 heterocycles. The van der Waals surface area contributed by atoms with Crippen LogP contribution in [0.1, 0.15) is 303 Å². The zero-order chi connectivity index (χ0) is 64.0. The van der Waals surface area contributed by atoms with Crippen LogP contribution in [0.15, 0.2) is 122 Å². The van der Waals surface area contributed by atoms with Gasteiger partial charge in [0.25, 0.3) is 6.29 Å². The molecular formula is C79H136NO8+. The molecule has 9 heteroatoms. The zero-order valence-electron chi connectivity index (χ0n) is 57.6. The Morgan fingerprint density at radius 2 is 0.648 bits per heavy atom. The maximum atomic E-state index is 13.0. The second-order valence-electron chi connectivity index (χ2n) is 25.2. The molecule has 0 radical (unpaired) electrons. The molecule has 0 bridgehead atoms. The predicted octanol–water partition coefficient (Wildman–Crippen LogP) is 22.7. The molecule has 0 aliphatic rings. The van der Waals surface area contributed by atoms with Gasteiger partial charge in [0.2, 0.25) is 0 Å². The molecule has 0 aromatic heterocycles. The maximum Gasteiger partial charge on any atom is 0.361 e. The number of ether oxygens (including phenoxy) is 4. The first kappa shape index (κ1) is 83.7. The fourth-order valence-corrected chi connectivity index (χ4v) is 9.99. The Labute approximate surface area is 542 Å². The summed E-state index contributed by atoms with van der Waals surface area (Å²) in [5.74, 6) is -2.00. The molecule has 0 aromatic rings. The highest BCUT2D eigenvalue weighted by molar-refractivity contribution is 5.71. The van der Waals surface area contributed by atoms with Crippen molar-refractivity contribution in [2.45, 2.75) is 315 Å². The summed E-state index contributed by atoms with van der Waals surface area (Å²) < 4.78 is 23.0. The van der Waals surface area contributed by atoms with Crippen molar-refractivity contribution in [3.8, 4) is 0 Å². The molecule has 2 unspecified atom stereocenters. The first-order chi connectivity index (χ1) is 43.1. The highest BCUT2D eigenvalue weighted by Gasteiger charge is 2.25. The van der Waals surface area contributed by atoms with E-state index in [4.69, 9.17) is 18.9 Å². The second kappa shape index (κ2) is 68.6. The van der Waals surface area contributed by atoms with Crippen LogP contribution in [0.4, 0.5) is 0 Å². The zero-order valence-corrected chi connectivity index (χ0v) is 57.6. The number of allylic oxidation sites excluding steroid dienone is 20. The lowest BCUT2D eigenvalue weighted by atomic mass is 10.0. The van der Waals surface area contributed by atoms with Crippen LogP contribution in [0.25, 0.3) is 0 Å². The van der Waals surface area contributed by atoms with E-state index in [-0.39, 0.29) is 32.2 Å². The fourth-order valence-electron chi connectivity index (χ4n) is 9.99. The van der Waals surface area contributed by atoms with E-state index < -0.39 is 24.3 Å². The summed E-state index contributed by atoms with van der Waals surface area (Å²) in [6, 6.07) is 0. The van der Waals surface area contributed by atoms with Crippen LogP contribution in [0.5, 0.6) is 0 Å². The number of hydrogen-bond acceptors (Lipinski definition) is 7. The summed E-state index contributed by atoms with van der Waals surface area (Å²) in [6.07, 6.45) is 94.6. The summed E-state index contributed by atoms with van der Waals surface area (Å²) in [4.78, 5) is 37.6. The Hall–Kier alpha value is -4.31. The predicted molar refractivity (Wildman–Crippen MR) is 378 cm³/mol. The largest absolute Gasteiger partial charge is 0.477 e. The molecule has 0 saturated heterocycles. The Morgan fingerprint density at radius 1 is 0.352 bits per heavy atom. The van der Waals surface area contributed by atoms with Gasteiger partial charge in [0.15, 0.2) is 6.10 Å². The first-order valence-electron chi connectivity index (χ1n) is 36.2. The van der Waals surface area contributed by atoms with E-state index in [2.05, 4.69) is 135 Å². The molecule has 504 valence electrons. The van der Waals surface area contributed by atoms with Crippen LogP contribution < -0.4 is 0 Å². The van der Waals surface area contributed by atoms with Crippen molar-refractivity contribution in [2.75, 3.05) is 47.5 Å². The summed E-state index contributed by atoms with van der Waals surface area (Å²) >= 11 is 0. The van der Waals surface area contributed by atoms with Crippen LogP contribution in [0.3, 0.4) is 0 Å². The molecule has 0 aliphatic heterocycles. The highest BCUT2D eigenvalue weighted by atomic mass is 16.7. The van der Waals surface area contributed by atoms with Gasteiger partial charge >= 0.3 is 17.9 Å². The molecule has 0 amide bonds. The Bertz CT molecular complexity index is 1860. The number of likely N-dealkylation sites (N-methyl/N-ethyl adjacent to an activating group) is 1. The number of esters is 2. The molecule has 0 saturated carbocycles. The van der Waals surface area contributed by atoms with E-state index in [1.165, 1.54) is 161 Å². The van der Waals surface area contributed by atoms with Crippen molar-refractivity contribution < 1.29 is 42.9 Å². The molecule has 0 aliphatic carbocycles. The van der Waals surface area contributed by atoms with Crippen LogP contribution in [-0.4, -0.2) is 87.4 Å². The van der Waals surface area contributed by atoms with Crippen molar-refractivity contribution in [3.05, 3.63) is 122 Å². The lowest BCUT2D eigenvalue weighted by molar-refractivity contribution is -0.870. The highest BCUT2D eigenvalue weighted by Crippen LogP contribution is 2.18. The van der Waals surface area contributed by atoms with Crippen molar-refractivity contribution in [2.24, 2.45) is 0 Å². The molecule has 88 heavy (non-hydrogen) atoms. The van der Waals surface area contributed by atoms with Gasteiger partial charge in [0, 0.05) is 12.8 Å². The standard InChI is InChI=1S/C79H135NO8/c1-6-8-10-12-14-16-18-20-22-24-26-28-30-31-32-33-34-35-36-37-38-39-40-41-42-43-44-45-46-47-48-50-52-54-56-58-60-62-64-66-68-70-77(82)88-75(74-87-79(78(83)84)85-72-71-80(3,4)5)73-86-76(81)69-67-65-63-61-59-57-55-53-51-49-29-27-25-23-21-19-17-15-13-11-9-7-2/h8,10,14,16,20,22,26,28,31-32,34-35,37-38,40-41,43-44,46-47,75,79H,6-7,9,11-13,15,17-19,21,23-25,27,29-30,33,36,39,42,45,48-74H2,1-5H3/p+1/b10-8-,16-14-,22-20-,28-26-,32-31-,35-34-,38-37-,41-40-,44-43-,47-46-. The van der Waals surface area contributed by atoms with Crippen molar-refractivity contribution in [1.29, 1.82) is 0 Å². The van der Waals surface area contributed by atoms with Crippen LogP contribution >= 0.6 is 0 Å². The number of carboxylic acids is 1. The van der Waals surface area contributed by atoms with E-state index in [1.807, 2.05) is 21.1 Å². The summed E-state index contributed by atoms with van der Waals surface area (Å²) in [7, 11) is 5.98. The summed E-state index contributed by atoms with van der Waals surface area (Å²) in [5, 5.41) is 9.75. The SMILES string of the molecule is CC/C=C\C/C=C\C/C=C\C/C=C\C/C=C\C/C=C\C/C=C\C/C=C\C/C=C\C/C=C\CCCCCCCCCCCCC(=O)OC(COC(=O)CCCCCCCCCCCCCCCCCCCCCCCC)COC(OCC[N+](C)(C)C)C(=O)O. The average Bonchev–Trinajstić information content (AvgIpc) is 3.55. The van der Waals surface area contributed by atoms with Gasteiger partial charge in [-0.05, 0) is 89.9 Å². The minimum absolute atomic E-state index is 0.184. The molecule has 2 atom stereocenters. The number of nitrogens with zero attached hydrogens (tertiary/aromatic N) is 1. The molecule has 9 nitrogen and oxygen atoms in total. The fraction of sp³-hybridized carbons (Fsp3) is 0.709. The van der Waals surface area contributed by atoms with E-state index in [1.54, 1.807) is 0 Å². The van der Waals surface area contributed by atoms with Crippen molar-refractivity contribution in [3.63, 3.8) is 0 Å².